The van der Waals surface area contributed by atoms with Gasteiger partial charge < -0.3 is 4.74 Å². The van der Waals surface area contributed by atoms with Gasteiger partial charge in [-0.25, -0.2) is 0 Å². The summed E-state index contributed by atoms with van der Waals surface area (Å²) in [6.07, 6.45) is 3.84. The Labute approximate surface area is 94.5 Å². The second-order valence-corrected chi connectivity index (χ2v) is 3.89. The number of aldehydes is 1. The summed E-state index contributed by atoms with van der Waals surface area (Å²) in [4.78, 5) is 18.6. The van der Waals surface area contributed by atoms with Crippen molar-refractivity contribution in [3.63, 3.8) is 0 Å². The molecular weight excluding hydrogens is 236 g/mol. The van der Waals surface area contributed by atoms with Gasteiger partial charge in [0.1, 0.15) is 10.6 Å². The van der Waals surface area contributed by atoms with Crippen LogP contribution in [-0.4, -0.2) is 16.3 Å². The number of rotatable bonds is 3. The van der Waals surface area contributed by atoms with Crippen molar-refractivity contribution in [1.29, 1.82) is 0 Å². The van der Waals surface area contributed by atoms with Crippen molar-refractivity contribution in [3.05, 3.63) is 34.6 Å². The molecule has 0 spiro atoms. The van der Waals surface area contributed by atoms with Crippen LogP contribution in [0.15, 0.2) is 24.5 Å². The van der Waals surface area contributed by atoms with Gasteiger partial charge in [0.25, 0.3) is 5.19 Å². The van der Waals surface area contributed by atoms with Gasteiger partial charge >= 0.3 is 0 Å². The lowest BCUT2D eigenvalue weighted by Gasteiger charge is -1.98. The van der Waals surface area contributed by atoms with Gasteiger partial charge in [0.15, 0.2) is 11.4 Å². The number of ether oxygens (including phenoxy) is 1. The van der Waals surface area contributed by atoms with Crippen LogP contribution in [0, 0.1) is 0 Å². The minimum atomic E-state index is 0.161. The lowest BCUT2D eigenvalue weighted by Crippen LogP contribution is -1.82. The first-order chi connectivity index (χ1) is 7.29. The van der Waals surface area contributed by atoms with Gasteiger partial charge in [0, 0.05) is 6.20 Å². The minimum absolute atomic E-state index is 0.161. The van der Waals surface area contributed by atoms with Gasteiger partial charge in [-0.1, -0.05) is 22.9 Å². The van der Waals surface area contributed by atoms with E-state index in [1.165, 1.54) is 0 Å². The normalized spacial score (nSPS) is 9.93. The van der Waals surface area contributed by atoms with E-state index < -0.39 is 0 Å². The molecule has 0 N–H and O–H groups in total. The van der Waals surface area contributed by atoms with E-state index >= 15 is 0 Å². The molecule has 4 nitrogen and oxygen atoms in total. The Hall–Kier alpha value is -1.46. The summed E-state index contributed by atoms with van der Waals surface area (Å²) >= 11 is 6.78. The lowest BCUT2D eigenvalue weighted by molar-refractivity contribution is 0.112. The monoisotopic (exact) mass is 240 g/mol. The van der Waals surface area contributed by atoms with Gasteiger partial charge in [-0.15, -0.1) is 0 Å². The summed E-state index contributed by atoms with van der Waals surface area (Å²) in [5.74, 6) is 0.556. The quantitative estimate of drug-likeness (QED) is 0.774. The molecule has 0 bridgehead atoms. The molecule has 0 saturated heterocycles. The number of hydrogen-bond acceptors (Lipinski definition) is 5. The van der Waals surface area contributed by atoms with Crippen LogP contribution in [0.2, 0.25) is 5.15 Å². The Morgan fingerprint density at radius 1 is 1.53 bits per heavy atom. The third kappa shape index (κ3) is 2.31. The van der Waals surface area contributed by atoms with Crippen molar-refractivity contribution in [2.24, 2.45) is 0 Å². The predicted molar refractivity (Wildman–Crippen MR) is 56.8 cm³/mol. The van der Waals surface area contributed by atoms with Gasteiger partial charge in [0.05, 0.1) is 6.20 Å². The summed E-state index contributed by atoms with van der Waals surface area (Å²) in [7, 11) is 0. The highest BCUT2D eigenvalue weighted by Gasteiger charge is 2.09. The number of carbonyl (C=O) groups is 1. The van der Waals surface area contributed by atoms with E-state index in [4.69, 9.17) is 16.3 Å². The number of nitrogens with zero attached hydrogens (tertiary/aromatic N) is 2. The molecule has 6 heteroatoms. The standard InChI is InChI=1S/C9H5ClN2O2S/c10-8-7(5-13)15-9(12-8)14-6-2-1-3-11-4-6/h1-5H. The number of aromatic nitrogens is 2. The van der Waals surface area contributed by atoms with Crippen LogP contribution in [0.1, 0.15) is 9.67 Å². The second kappa shape index (κ2) is 4.37. The molecule has 0 amide bonds. The van der Waals surface area contributed by atoms with Crippen molar-refractivity contribution in [3.8, 4) is 10.9 Å². The molecule has 15 heavy (non-hydrogen) atoms. The zero-order valence-corrected chi connectivity index (χ0v) is 8.96. The summed E-state index contributed by atoms with van der Waals surface area (Å²) in [5.41, 5.74) is 0. The van der Waals surface area contributed by atoms with E-state index in [-0.39, 0.29) is 5.15 Å². The summed E-state index contributed by atoms with van der Waals surface area (Å²) in [6.45, 7) is 0. The molecule has 2 rings (SSSR count). The number of halogens is 1. The first-order valence-corrected chi connectivity index (χ1v) is 5.18. The predicted octanol–water partition coefficient (Wildman–Crippen LogP) is 2.80. The van der Waals surface area contributed by atoms with Gasteiger partial charge in [-0.05, 0) is 12.1 Å². The summed E-state index contributed by atoms with van der Waals surface area (Å²) < 4.78 is 5.34. The maximum atomic E-state index is 10.5. The molecule has 0 atom stereocenters. The van der Waals surface area contributed by atoms with Crippen LogP contribution in [0.3, 0.4) is 0 Å². The van der Waals surface area contributed by atoms with Crippen LogP contribution in [0.4, 0.5) is 0 Å². The fourth-order valence-corrected chi connectivity index (χ4v) is 1.85. The molecule has 0 saturated carbocycles. The van der Waals surface area contributed by atoms with Crippen LogP contribution < -0.4 is 4.74 Å². The Kier molecular flexibility index (Phi) is 2.94. The van der Waals surface area contributed by atoms with Crippen molar-refractivity contribution in [2.45, 2.75) is 0 Å². The molecule has 0 fully saturated rings. The third-order valence-corrected chi connectivity index (χ3v) is 2.80. The van der Waals surface area contributed by atoms with Crippen LogP contribution in [0.25, 0.3) is 0 Å². The largest absolute Gasteiger partial charge is 0.429 e. The number of hydrogen-bond donors (Lipinski definition) is 0. The topological polar surface area (TPSA) is 52.1 Å². The van der Waals surface area contributed by atoms with Gasteiger partial charge in [0.2, 0.25) is 0 Å². The maximum Gasteiger partial charge on any atom is 0.280 e. The fraction of sp³-hybridized carbons (Fsp3) is 0. The zero-order valence-electron chi connectivity index (χ0n) is 7.38. The van der Waals surface area contributed by atoms with E-state index in [0.717, 1.165) is 11.3 Å². The average Bonchev–Trinajstić information content (AvgIpc) is 2.60. The van der Waals surface area contributed by atoms with E-state index in [9.17, 15) is 4.79 Å². The van der Waals surface area contributed by atoms with Crippen molar-refractivity contribution in [2.75, 3.05) is 0 Å². The second-order valence-electron chi connectivity index (χ2n) is 2.54. The first-order valence-electron chi connectivity index (χ1n) is 3.99. The Morgan fingerprint density at radius 3 is 3.00 bits per heavy atom. The molecule has 2 aromatic rings. The van der Waals surface area contributed by atoms with Gasteiger partial charge in [-0.3, -0.25) is 9.78 Å². The highest BCUT2D eigenvalue weighted by molar-refractivity contribution is 7.15. The highest BCUT2D eigenvalue weighted by Crippen LogP contribution is 2.30. The van der Waals surface area contributed by atoms with Crippen molar-refractivity contribution < 1.29 is 9.53 Å². The van der Waals surface area contributed by atoms with Crippen molar-refractivity contribution in [1.82, 2.24) is 9.97 Å². The molecule has 0 aliphatic heterocycles. The number of thiazole rings is 1. The van der Waals surface area contributed by atoms with Crippen LogP contribution in [-0.2, 0) is 0 Å². The van der Waals surface area contributed by atoms with Crippen LogP contribution >= 0.6 is 22.9 Å². The molecule has 0 radical (unpaired) electrons. The molecule has 0 aliphatic rings. The molecular formula is C9H5ClN2O2S. The van der Waals surface area contributed by atoms with Crippen LogP contribution in [0.5, 0.6) is 10.9 Å². The summed E-state index contributed by atoms with van der Waals surface area (Å²) in [5, 5.41) is 0.490. The first kappa shape index (κ1) is 10.1. The lowest BCUT2D eigenvalue weighted by atomic mass is 10.5. The SMILES string of the molecule is O=Cc1sc(Oc2cccnc2)nc1Cl. The molecule has 76 valence electrons. The van der Waals surface area contributed by atoms with E-state index in [0.29, 0.717) is 22.1 Å². The minimum Gasteiger partial charge on any atom is -0.429 e. The molecule has 2 heterocycles. The Morgan fingerprint density at radius 2 is 2.40 bits per heavy atom. The highest BCUT2D eigenvalue weighted by atomic mass is 35.5. The van der Waals surface area contributed by atoms with E-state index in [1.807, 2.05) is 0 Å². The molecule has 2 aromatic heterocycles. The molecule has 0 aliphatic carbocycles. The molecule has 0 aromatic carbocycles. The molecule has 0 unspecified atom stereocenters. The number of carbonyl (C=O) groups excluding carboxylic acids is 1. The maximum absolute atomic E-state index is 10.5. The fourth-order valence-electron chi connectivity index (χ4n) is 0.919. The Bertz CT molecular complexity index is 472. The average molecular weight is 241 g/mol. The van der Waals surface area contributed by atoms with Gasteiger partial charge in [-0.2, -0.15) is 4.98 Å². The number of pyridine rings is 1. The van der Waals surface area contributed by atoms with Crippen molar-refractivity contribution >= 4 is 29.2 Å². The smallest absolute Gasteiger partial charge is 0.280 e. The van der Waals surface area contributed by atoms with E-state index in [1.54, 1.807) is 24.5 Å². The third-order valence-electron chi connectivity index (χ3n) is 1.54. The zero-order chi connectivity index (χ0) is 10.7. The summed E-state index contributed by atoms with van der Waals surface area (Å²) in [6, 6.07) is 3.48. The van der Waals surface area contributed by atoms with E-state index in [2.05, 4.69) is 9.97 Å². The Balaban J connectivity index is 2.21.